The number of thioether (sulfide) groups is 1. The summed E-state index contributed by atoms with van der Waals surface area (Å²) in [5.74, 6) is 0.892. The van der Waals surface area contributed by atoms with E-state index in [9.17, 15) is 9.18 Å². The van der Waals surface area contributed by atoms with Crippen molar-refractivity contribution in [1.29, 1.82) is 0 Å². The Morgan fingerprint density at radius 3 is 2.90 bits per heavy atom. The molecule has 2 rings (SSSR count). The van der Waals surface area contributed by atoms with Crippen molar-refractivity contribution in [3.05, 3.63) is 30.1 Å². The molecule has 1 aromatic rings. The fourth-order valence-corrected chi connectivity index (χ4v) is 2.83. The monoisotopic (exact) mass is 296 g/mol. The molecule has 1 aromatic carbocycles. The van der Waals surface area contributed by atoms with Crippen LogP contribution in [0.1, 0.15) is 19.3 Å². The molecule has 0 bridgehead atoms. The minimum atomic E-state index is -0.229. The van der Waals surface area contributed by atoms with Gasteiger partial charge < -0.3 is 10.2 Å². The summed E-state index contributed by atoms with van der Waals surface area (Å²) in [6, 6.07) is 6.64. The maximum absolute atomic E-state index is 12.9. The molecule has 0 aromatic heterocycles. The van der Waals surface area contributed by atoms with Crippen LogP contribution in [0.2, 0.25) is 0 Å². The Hall–Kier alpha value is -1.23. The molecule has 0 saturated carbocycles. The lowest BCUT2D eigenvalue weighted by atomic mass is 10.0. The maximum atomic E-state index is 12.9. The molecule has 1 aliphatic rings. The summed E-state index contributed by atoms with van der Waals surface area (Å²) in [6.07, 6.45) is 4.69. The molecule has 20 heavy (non-hydrogen) atoms. The van der Waals surface area contributed by atoms with E-state index in [0.717, 1.165) is 37.4 Å². The maximum Gasteiger partial charge on any atom is 0.223 e. The zero-order valence-corrected chi connectivity index (χ0v) is 12.6. The molecule has 110 valence electrons. The van der Waals surface area contributed by atoms with Crippen LogP contribution in [0.25, 0.3) is 0 Å². The summed E-state index contributed by atoms with van der Waals surface area (Å²) < 4.78 is 12.9. The molecule has 0 aliphatic carbocycles. The van der Waals surface area contributed by atoms with Gasteiger partial charge in [-0.25, -0.2) is 4.39 Å². The summed E-state index contributed by atoms with van der Waals surface area (Å²) in [6.45, 7) is 1.60. The standard InChI is InChI=1S/C15H21FN2OS/c1-20-10-8-15(19)18-9-2-3-14(11-18)17-13-6-4-12(16)5-7-13/h4-7,14,17H,2-3,8-11H2,1H3/t14-/m1/s1. The SMILES string of the molecule is CSCCC(=O)N1CCC[C@@H](Nc2ccc(F)cc2)C1. The Labute approximate surface area is 123 Å². The predicted molar refractivity (Wildman–Crippen MR) is 82.6 cm³/mol. The number of hydrogen-bond donors (Lipinski definition) is 1. The van der Waals surface area contributed by atoms with Crippen molar-refractivity contribution >= 4 is 23.4 Å². The zero-order valence-electron chi connectivity index (χ0n) is 11.8. The third-order valence-corrected chi connectivity index (χ3v) is 4.12. The molecule has 1 N–H and O–H groups in total. The van der Waals surface area contributed by atoms with Crippen LogP contribution in [0.3, 0.4) is 0 Å². The van der Waals surface area contributed by atoms with Gasteiger partial charge in [0.1, 0.15) is 5.82 Å². The van der Waals surface area contributed by atoms with Crippen molar-refractivity contribution in [2.45, 2.75) is 25.3 Å². The molecule has 1 saturated heterocycles. The highest BCUT2D eigenvalue weighted by Gasteiger charge is 2.23. The highest BCUT2D eigenvalue weighted by molar-refractivity contribution is 7.98. The van der Waals surface area contributed by atoms with E-state index in [2.05, 4.69) is 5.32 Å². The van der Waals surface area contributed by atoms with Gasteiger partial charge in [-0.2, -0.15) is 11.8 Å². The van der Waals surface area contributed by atoms with Crippen LogP contribution in [0.4, 0.5) is 10.1 Å². The first kappa shape index (κ1) is 15.2. The Morgan fingerprint density at radius 1 is 1.45 bits per heavy atom. The number of carbonyl (C=O) groups is 1. The molecule has 0 unspecified atom stereocenters. The first-order valence-electron chi connectivity index (χ1n) is 6.98. The fraction of sp³-hybridized carbons (Fsp3) is 0.533. The summed E-state index contributed by atoms with van der Waals surface area (Å²) in [4.78, 5) is 14.0. The number of benzene rings is 1. The molecule has 0 radical (unpaired) electrons. The van der Waals surface area contributed by atoms with E-state index in [-0.39, 0.29) is 17.8 Å². The number of carbonyl (C=O) groups excluding carboxylic acids is 1. The van der Waals surface area contributed by atoms with Gasteiger partial charge in [0, 0.05) is 37.0 Å². The lowest BCUT2D eigenvalue weighted by molar-refractivity contribution is -0.131. The molecule has 1 aliphatic heterocycles. The Bertz CT molecular complexity index is 438. The number of hydrogen-bond acceptors (Lipinski definition) is 3. The van der Waals surface area contributed by atoms with Gasteiger partial charge in [-0.1, -0.05) is 0 Å². The van der Waals surface area contributed by atoms with Crippen LogP contribution in [0.5, 0.6) is 0 Å². The summed E-state index contributed by atoms with van der Waals surface area (Å²) in [7, 11) is 0. The van der Waals surface area contributed by atoms with Crippen molar-refractivity contribution in [2.75, 3.05) is 30.4 Å². The molecule has 1 atom stereocenters. The number of likely N-dealkylation sites (tertiary alicyclic amines) is 1. The molecule has 0 spiro atoms. The molecular formula is C15H21FN2OS. The van der Waals surface area contributed by atoms with Crippen molar-refractivity contribution in [3.63, 3.8) is 0 Å². The van der Waals surface area contributed by atoms with Gasteiger partial charge in [0.2, 0.25) is 5.91 Å². The van der Waals surface area contributed by atoms with Crippen molar-refractivity contribution in [2.24, 2.45) is 0 Å². The second-order valence-electron chi connectivity index (χ2n) is 5.07. The lowest BCUT2D eigenvalue weighted by Crippen LogP contribution is -2.45. The number of rotatable bonds is 5. The molecule has 5 heteroatoms. The second kappa shape index (κ2) is 7.53. The molecule has 1 fully saturated rings. The third kappa shape index (κ3) is 4.40. The Kier molecular flexibility index (Phi) is 5.71. The lowest BCUT2D eigenvalue weighted by Gasteiger charge is -2.33. The number of amides is 1. The Balaban J connectivity index is 1.86. The first-order chi connectivity index (χ1) is 9.69. The molecular weight excluding hydrogens is 275 g/mol. The fourth-order valence-electron chi connectivity index (χ4n) is 2.45. The van der Waals surface area contributed by atoms with E-state index in [0.29, 0.717) is 6.42 Å². The van der Waals surface area contributed by atoms with Crippen LogP contribution in [-0.2, 0) is 4.79 Å². The highest BCUT2D eigenvalue weighted by atomic mass is 32.2. The van der Waals surface area contributed by atoms with E-state index in [4.69, 9.17) is 0 Å². The van der Waals surface area contributed by atoms with E-state index in [1.165, 1.54) is 12.1 Å². The number of piperidine rings is 1. The van der Waals surface area contributed by atoms with Crippen LogP contribution >= 0.6 is 11.8 Å². The highest BCUT2D eigenvalue weighted by Crippen LogP contribution is 2.17. The van der Waals surface area contributed by atoms with E-state index >= 15 is 0 Å². The Morgan fingerprint density at radius 2 is 2.20 bits per heavy atom. The summed E-state index contributed by atoms with van der Waals surface area (Å²) in [5, 5.41) is 3.38. The second-order valence-corrected chi connectivity index (χ2v) is 6.06. The topological polar surface area (TPSA) is 32.3 Å². The van der Waals surface area contributed by atoms with E-state index < -0.39 is 0 Å². The zero-order chi connectivity index (χ0) is 14.4. The van der Waals surface area contributed by atoms with Gasteiger partial charge in [-0.15, -0.1) is 0 Å². The number of anilines is 1. The smallest absolute Gasteiger partial charge is 0.223 e. The number of nitrogens with zero attached hydrogens (tertiary/aromatic N) is 1. The number of nitrogens with one attached hydrogen (secondary N) is 1. The normalized spacial score (nSPS) is 18.9. The third-order valence-electron chi connectivity index (χ3n) is 3.51. The van der Waals surface area contributed by atoms with Gasteiger partial charge in [-0.3, -0.25) is 4.79 Å². The molecule has 3 nitrogen and oxygen atoms in total. The van der Waals surface area contributed by atoms with Crippen molar-refractivity contribution in [1.82, 2.24) is 4.90 Å². The average molecular weight is 296 g/mol. The predicted octanol–water partition coefficient (Wildman–Crippen LogP) is 2.98. The van der Waals surface area contributed by atoms with E-state index in [1.54, 1.807) is 23.9 Å². The largest absolute Gasteiger partial charge is 0.381 e. The van der Waals surface area contributed by atoms with Gasteiger partial charge in [0.15, 0.2) is 0 Å². The summed E-state index contributed by atoms with van der Waals surface area (Å²) >= 11 is 1.70. The van der Waals surface area contributed by atoms with Crippen LogP contribution in [0.15, 0.2) is 24.3 Å². The minimum Gasteiger partial charge on any atom is -0.381 e. The molecule has 1 amide bonds. The molecule has 1 heterocycles. The average Bonchev–Trinajstić information content (AvgIpc) is 2.47. The first-order valence-corrected chi connectivity index (χ1v) is 8.37. The van der Waals surface area contributed by atoms with Gasteiger partial charge in [-0.05, 0) is 43.4 Å². The van der Waals surface area contributed by atoms with Crippen LogP contribution < -0.4 is 5.32 Å². The van der Waals surface area contributed by atoms with Crippen molar-refractivity contribution in [3.8, 4) is 0 Å². The minimum absolute atomic E-state index is 0.229. The summed E-state index contributed by atoms with van der Waals surface area (Å²) in [5.41, 5.74) is 0.912. The van der Waals surface area contributed by atoms with Gasteiger partial charge in [0.25, 0.3) is 0 Å². The number of halogens is 1. The quantitative estimate of drug-likeness (QED) is 0.906. The van der Waals surface area contributed by atoms with Gasteiger partial charge in [0.05, 0.1) is 0 Å². The van der Waals surface area contributed by atoms with Crippen LogP contribution in [0, 0.1) is 5.82 Å². The van der Waals surface area contributed by atoms with Crippen molar-refractivity contribution < 1.29 is 9.18 Å². The van der Waals surface area contributed by atoms with Crippen LogP contribution in [-0.4, -0.2) is 41.9 Å². The van der Waals surface area contributed by atoms with Gasteiger partial charge >= 0.3 is 0 Å². The van der Waals surface area contributed by atoms with E-state index in [1.807, 2.05) is 11.2 Å².